The standard InChI is InChI=1S/C43H49N5O11S/c1-9-56-41(50)39(49)26(2)57-18-19-58-31-23-28(22-30(24-31)54-6)45-38-25-29(16-17-44-38)59-37-15-14-34(32-12-10-11-13-33(32)37)46-42(51)47-35-20-27(43(3,4)5)21-36(40(35)55-7)48-60(8,52)53/h10-17,20-26,48H,9,18-19H2,1-8H3,(H,44,45)(H2,46,47,51). The summed E-state index contributed by atoms with van der Waals surface area (Å²) >= 11 is 0. The van der Waals surface area contributed by atoms with Crippen LogP contribution in [0.15, 0.2) is 85.1 Å². The normalized spacial score (nSPS) is 11.9. The number of carbonyl (C=O) groups is 3. The van der Waals surface area contributed by atoms with Gasteiger partial charge in [0.1, 0.15) is 41.5 Å². The molecule has 0 radical (unpaired) electrons. The Labute approximate surface area is 348 Å². The molecule has 4 N–H and O–H groups in total. The number of methoxy groups -OCH3 is 2. The van der Waals surface area contributed by atoms with E-state index in [0.717, 1.165) is 11.8 Å². The quantitative estimate of drug-likeness (QED) is 0.0376. The second-order valence-electron chi connectivity index (χ2n) is 14.4. The maximum atomic E-state index is 13.5. The van der Waals surface area contributed by atoms with E-state index in [1.807, 2.05) is 45.0 Å². The Bertz CT molecular complexity index is 2470. The molecule has 0 aliphatic heterocycles. The van der Waals surface area contributed by atoms with Crippen LogP contribution >= 0.6 is 0 Å². The summed E-state index contributed by atoms with van der Waals surface area (Å²) in [6, 6.07) is 22.4. The number of esters is 1. The van der Waals surface area contributed by atoms with Crippen LogP contribution in [0.25, 0.3) is 10.8 Å². The van der Waals surface area contributed by atoms with Crippen molar-refractivity contribution in [3.8, 4) is 28.7 Å². The third-order valence-corrected chi connectivity index (χ3v) is 9.34. The number of carbonyl (C=O) groups excluding carboxylic acids is 3. The summed E-state index contributed by atoms with van der Waals surface area (Å²) in [7, 11) is -0.734. The number of pyridine rings is 1. The molecule has 5 rings (SSSR count). The molecular weight excluding hydrogens is 795 g/mol. The van der Waals surface area contributed by atoms with Crippen LogP contribution in [-0.2, 0) is 34.5 Å². The average Bonchev–Trinajstić information content (AvgIpc) is 3.19. The van der Waals surface area contributed by atoms with Gasteiger partial charge in [0.05, 0.1) is 50.8 Å². The Morgan fingerprint density at radius 1 is 0.800 bits per heavy atom. The Hall–Kier alpha value is -6.59. The number of nitrogens with one attached hydrogen (secondary N) is 4. The number of rotatable bonds is 18. The molecule has 0 fully saturated rings. The molecule has 0 aliphatic rings. The van der Waals surface area contributed by atoms with E-state index in [4.69, 9.17) is 28.4 Å². The minimum Gasteiger partial charge on any atom is -0.497 e. The van der Waals surface area contributed by atoms with E-state index >= 15 is 0 Å². The van der Waals surface area contributed by atoms with Gasteiger partial charge < -0.3 is 44.4 Å². The van der Waals surface area contributed by atoms with Crippen molar-refractivity contribution >= 4 is 67.1 Å². The first-order valence-corrected chi connectivity index (χ1v) is 20.7. The Morgan fingerprint density at radius 2 is 1.50 bits per heavy atom. The highest BCUT2D eigenvalue weighted by Gasteiger charge is 2.24. The van der Waals surface area contributed by atoms with Gasteiger partial charge in [0.25, 0.3) is 5.78 Å². The highest BCUT2D eigenvalue weighted by molar-refractivity contribution is 7.92. The number of amides is 2. The molecule has 5 aromatic rings. The Morgan fingerprint density at radius 3 is 2.18 bits per heavy atom. The molecule has 0 bridgehead atoms. The Balaban J connectivity index is 1.29. The third-order valence-electron chi connectivity index (χ3n) is 8.75. The maximum Gasteiger partial charge on any atom is 0.377 e. The van der Waals surface area contributed by atoms with E-state index in [1.54, 1.807) is 67.7 Å². The smallest absolute Gasteiger partial charge is 0.377 e. The SMILES string of the molecule is CCOC(=O)C(=O)C(C)OCCOc1cc(Nc2cc(Oc3ccc(NC(=O)Nc4cc(C(C)(C)C)cc(NS(C)(=O)=O)c4OC)c4ccccc34)ccn2)cc(OC)c1. The monoisotopic (exact) mass is 843 g/mol. The summed E-state index contributed by atoms with van der Waals surface area (Å²) in [4.78, 5) is 41.7. The summed E-state index contributed by atoms with van der Waals surface area (Å²) in [5.74, 6) is 0.862. The molecule has 60 heavy (non-hydrogen) atoms. The first-order valence-electron chi connectivity index (χ1n) is 18.8. The van der Waals surface area contributed by atoms with Crippen LogP contribution in [0.3, 0.4) is 0 Å². The predicted octanol–water partition coefficient (Wildman–Crippen LogP) is 8.02. The number of ether oxygens (including phenoxy) is 6. The number of urea groups is 1. The first-order chi connectivity index (χ1) is 28.5. The van der Waals surface area contributed by atoms with Gasteiger partial charge in [-0.05, 0) is 55.2 Å². The van der Waals surface area contributed by atoms with Crippen LogP contribution in [0.5, 0.6) is 28.7 Å². The number of benzene rings is 4. The van der Waals surface area contributed by atoms with Gasteiger partial charge in [0.15, 0.2) is 5.75 Å². The second-order valence-corrected chi connectivity index (χ2v) is 16.2. The van der Waals surface area contributed by atoms with Gasteiger partial charge in [-0.1, -0.05) is 45.0 Å². The van der Waals surface area contributed by atoms with Crippen LogP contribution in [0.2, 0.25) is 0 Å². The van der Waals surface area contributed by atoms with Gasteiger partial charge in [-0.2, -0.15) is 0 Å². The van der Waals surface area contributed by atoms with E-state index in [1.165, 1.54) is 21.1 Å². The minimum absolute atomic E-state index is 0.0428. The fourth-order valence-corrected chi connectivity index (χ4v) is 6.44. The number of sulfonamides is 1. The zero-order chi connectivity index (χ0) is 43.6. The lowest BCUT2D eigenvalue weighted by Crippen LogP contribution is -2.31. The van der Waals surface area contributed by atoms with E-state index in [-0.39, 0.29) is 42.4 Å². The molecule has 2 amide bonds. The number of Topliss-reactive ketones (excluding diaryl/α,β-unsaturated/α-hetero) is 1. The molecule has 1 heterocycles. The van der Waals surface area contributed by atoms with Crippen molar-refractivity contribution < 1.29 is 51.2 Å². The molecular formula is C43H49N5O11S. The maximum absolute atomic E-state index is 13.5. The van der Waals surface area contributed by atoms with Crippen molar-refractivity contribution in [1.29, 1.82) is 0 Å². The van der Waals surface area contributed by atoms with E-state index in [0.29, 0.717) is 51.0 Å². The molecule has 17 heteroatoms. The summed E-state index contributed by atoms with van der Waals surface area (Å²) in [5, 5.41) is 10.4. The predicted molar refractivity (Wildman–Crippen MR) is 230 cm³/mol. The van der Waals surface area contributed by atoms with Crippen molar-refractivity contribution in [3.05, 3.63) is 90.6 Å². The topological polar surface area (TPSA) is 202 Å². The summed E-state index contributed by atoms with van der Waals surface area (Å²) in [5.41, 5.74) is 1.96. The van der Waals surface area contributed by atoms with Crippen molar-refractivity contribution in [2.75, 3.05) is 61.0 Å². The summed E-state index contributed by atoms with van der Waals surface area (Å²) in [6.45, 7) is 9.24. The van der Waals surface area contributed by atoms with E-state index < -0.39 is 33.9 Å². The fourth-order valence-electron chi connectivity index (χ4n) is 5.89. The van der Waals surface area contributed by atoms with Crippen LogP contribution in [-0.4, -0.2) is 77.6 Å². The largest absolute Gasteiger partial charge is 0.497 e. The number of nitrogens with zero attached hydrogens (tertiary/aromatic N) is 1. The number of hydrogen-bond acceptors (Lipinski definition) is 13. The molecule has 0 saturated heterocycles. The molecule has 1 aromatic heterocycles. The molecule has 0 saturated carbocycles. The van der Waals surface area contributed by atoms with Gasteiger partial charge in [0.2, 0.25) is 10.0 Å². The first kappa shape index (κ1) is 44.5. The molecule has 4 aromatic carbocycles. The van der Waals surface area contributed by atoms with Crippen LogP contribution in [0.1, 0.15) is 40.2 Å². The highest BCUT2D eigenvalue weighted by atomic mass is 32.2. The van der Waals surface area contributed by atoms with Gasteiger partial charge in [0, 0.05) is 46.9 Å². The van der Waals surface area contributed by atoms with Crippen LogP contribution < -0.4 is 39.6 Å². The van der Waals surface area contributed by atoms with Crippen molar-refractivity contribution in [2.45, 2.75) is 46.1 Å². The summed E-state index contributed by atoms with van der Waals surface area (Å²) < 4.78 is 60.2. The lowest BCUT2D eigenvalue weighted by atomic mass is 9.86. The number of hydrogen-bond donors (Lipinski definition) is 4. The number of ketones is 1. The minimum atomic E-state index is -3.66. The number of fused-ring (bicyclic) bond motifs is 1. The Kier molecular flexibility index (Phi) is 14.4. The van der Waals surface area contributed by atoms with Crippen LogP contribution in [0.4, 0.5) is 33.4 Å². The summed E-state index contributed by atoms with van der Waals surface area (Å²) in [6.07, 6.45) is 1.65. The highest BCUT2D eigenvalue weighted by Crippen LogP contribution is 2.40. The molecule has 1 atom stereocenters. The van der Waals surface area contributed by atoms with Crippen molar-refractivity contribution in [1.82, 2.24) is 4.98 Å². The fraction of sp³-hybridized carbons (Fsp3) is 0.302. The number of aromatic nitrogens is 1. The average molecular weight is 844 g/mol. The lowest BCUT2D eigenvalue weighted by Gasteiger charge is -2.24. The molecule has 1 unspecified atom stereocenters. The van der Waals surface area contributed by atoms with Crippen molar-refractivity contribution in [3.63, 3.8) is 0 Å². The zero-order valence-corrected chi connectivity index (χ0v) is 35.4. The molecule has 16 nitrogen and oxygen atoms in total. The lowest BCUT2D eigenvalue weighted by molar-refractivity contribution is -0.158. The van der Waals surface area contributed by atoms with Crippen LogP contribution in [0, 0.1) is 0 Å². The number of anilines is 5. The molecule has 0 aliphatic carbocycles. The van der Waals surface area contributed by atoms with Gasteiger partial charge in [-0.25, -0.2) is 23.0 Å². The van der Waals surface area contributed by atoms with E-state index in [2.05, 4.69) is 25.7 Å². The van der Waals surface area contributed by atoms with Crippen molar-refractivity contribution in [2.24, 2.45) is 0 Å². The van der Waals surface area contributed by atoms with Gasteiger partial charge >= 0.3 is 12.0 Å². The van der Waals surface area contributed by atoms with E-state index in [9.17, 15) is 22.8 Å². The zero-order valence-electron chi connectivity index (χ0n) is 34.6. The molecule has 318 valence electrons. The van der Waals surface area contributed by atoms with Gasteiger partial charge in [-0.15, -0.1) is 0 Å². The molecule has 0 spiro atoms. The van der Waals surface area contributed by atoms with Gasteiger partial charge in [-0.3, -0.25) is 9.52 Å². The second kappa shape index (κ2) is 19.4. The third kappa shape index (κ3) is 12.0.